The molecule has 0 bridgehead atoms. The molecular weight excluding hydrogens is 308 g/mol. The number of carboxylic acids is 2. The zero-order chi connectivity index (χ0) is 16.5. The van der Waals surface area contributed by atoms with Gasteiger partial charge in [-0.1, -0.05) is 30.3 Å². The van der Waals surface area contributed by atoms with Crippen LogP contribution in [0.4, 0.5) is 0 Å². The molecule has 1 aromatic carbocycles. The van der Waals surface area contributed by atoms with E-state index in [1.807, 2.05) is 30.3 Å². The molecule has 1 aromatic rings. The Hall–Kier alpha value is -2.15. The topological polar surface area (TPSA) is 109 Å². The van der Waals surface area contributed by atoms with Gasteiger partial charge in [-0.2, -0.15) is 8.42 Å². The Morgan fingerprint density at radius 3 is 2.18 bits per heavy atom. The molecule has 0 amide bonds. The maximum atomic E-state index is 11.3. The molecule has 22 heavy (non-hydrogen) atoms. The van der Waals surface area contributed by atoms with E-state index in [0.717, 1.165) is 5.56 Å². The van der Waals surface area contributed by atoms with E-state index in [9.17, 15) is 18.0 Å². The highest BCUT2D eigenvalue weighted by atomic mass is 32.2. The summed E-state index contributed by atoms with van der Waals surface area (Å²) in [6, 6.07) is 9.44. The van der Waals surface area contributed by atoms with E-state index < -0.39 is 28.1 Å². The summed E-state index contributed by atoms with van der Waals surface area (Å²) >= 11 is 0. The van der Waals surface area contributed by atoms with E-state index in [-0.39, 0.29) is 24.1 Å². The Morgan fingerprint density at radius 2 is 1.68 bits per heavy atom. The lowest BCUT2D eigenvalue weighted by Crippen LogP contribution is -2.25. The molecule has 1 atom stereocenters. The lowest BCUT2D eigenvalue weighted by atomic mass is 9.95. The van der Waals surface area contributed by atoms with Gasteiger partial charge in [0, 0.05) is 6.42 Å². The molecule has 0 spiro atoms. The molecule has 0 aliphatic carbocycles. The first-order valence-corrected chi connectivity index (χ1v) is 7.92. The summed E-state index contributed by atoms with van der Waals surface area (Å²) in [4.78, 5) is 21.6. The molecule has 0 saturated carbocycles. The Kier molecular flexibility index (Phi) is 7.31. The summed E-state index contributed by atoms with van der Waals surface area (Å²) < 4.78 is 22.6. The van der Waals surface area contributed by atoms with Crippen molar-refractivity contribution in [3.8, 4) is 0 Å². The fourth-order valence-electron chi connectivity index (χ4n) is 2.18. The van der Waals surface area contributed by atoms with Gasteiger partial charge < -0.3 is 10.2 Å². The minimum atomic E-state index is -2.63. The first kappa shape index (κ1) is 17.9. The number of rotatable bonds is 9. The van der Waals surface area contributed by atoms with E-state index >= 15 is 0 Å². The van der Waals surface area contributed by atoms with Gasteiger partial charge >= 0.3 is 11.9 Å². The summed E-state index contributed by atoms with van der Waals surface area (Å²) in [5.41, 5.74) is 1.04. The van der Waals surface area contributed by atoms with Crippen molar-refractivity contribution >= 4 is 27.1 Å². The number of carbonyl (C=O) groups is 2. The van der Waals surface area contributed by atoms with Gasteiger partial charge in [0.1, 0.15) is 0 Å². The Morgan fingerprint density at radius 1 is 1.05 bits per heavy atom. The fraction of sp³-hybridized carbons (Fsp3) is 0.400. The molecule has 1 rings (SSSR count). The highest BCUT2D eigenvalue weighted by Gasteiger charge is 2.25. The van der Waals surface area contributed by atoms with Gasteiger partial charge in [-0.05, 0) is 31.2 Å². The first-order valence-electron chi connectivity index (χ1n) is 6.85. The van der Waals surface area contributed by atoms with Crippen LogP contribution in [-0.4, -0.2) is 35.4 Å². The molecule has 0 saturated heterocycles. The van der Waals surface area contributed by atoms with Gasteiger partial charge in [-0.25, -0.2) is 0 Å². The largest absolute Gasteiger partial charge is 0.481 e. The molecule has 0 aliphatic heterocycles. The zero-order valence-corrected chi connectivity index (χ0v) is 12.8. The van der Waals surface area contributed by atoms with Crippen molar-refractivity contribution in [3.05, 3.63) is 35.9 Å². The normalized spacial score (nSPS) is 11.6. The van der Waals surface area contributed by atoms with E-state index in [1.54, 1.807) is 0 Å². The van der Waals surface area contributed by atoms with Crippen LogP contribution in [0.3, 0.4) is 0 Å². The molecular formula is C15H18O6S. The van der Waals surface area contributed by atoms with Crippen LogP contribution >= 0.6 is 0 Å². The molecule has 120 valence electrons. The third-order valence-corrected chi connectivity index (χ3v) is 4.20. The SMILES string of the molecule is O=C(O)CCC(C(=O)O)C(CCCc1ccccc1)=S(=O)=O. The second kappa shape index (κ2) is 8.99. The van der Waals surface area contributed by atoms with Crippen LogP contribution < -0.4 is 0 Å². The number of aliphatic carboxylic acids is 2. The van der Waals surface area contributed by atoms with E-state index in [4.69, 9.17) is 10.2 Å². The van der Waals surface area contributed by atoms with Crippen LogP contribution in [-0.2, 0) is 26.3 Å². The maximum absolute atomic E-state index is 11.3. The van der Waals surface area contributed by atoms with Gasteiger partial charge in [0.25, 0.3) is 0 Å². The van der Waals surface area contributed by atoms with Crippen LogP contribution in [0.2, 0.25) is 0 Å². The van der Waals surface area contributed by atoms with Gasteiger partial charge in [0.05, 0.1) is 10.8 Å². The zero-order valence-electron chi connectivity index (χ0n) is 11.9. The molecule has 0 radical (unpaired) electrons. The maximum Gasteiger partial charge on any atom is 0.311 e. The van der Waals surface area contributed by atoms with Gasteiger partial charge in [0.2, 0.25) is 10.3 Å². The molecule has 2 N–H and O–H groups in total. The molecule has 7 heteroatoms. The second-order valence-corrected chi connectivity index (χ2v) is 5.86. The van der Waals surface area contributed by atoms with Gasteiger partial charge in [-0.3, -0.25) is 9.59 Å². The van der Waals surface area contributed by atoms with Crippen LogP contribution in [0.15, 0.2) is 30.3 Å². The van der Waals surface area contributed by atoms with Crippen molar-refractivity contribution < 1.29 is 28.2 Å². The van der Waals surface area contributed by atoms with E-state index in [1.165, 1.54) is 0 Å². The van der Waals surface area contributed by atoms with Crippen molar-refractivity contribution in [2.75, 3.05) is 0 Å². The molecule has 0 fully saturated rings. The Labute approximate surface area is 129 Å². The Balaban J connectivity index is 2.73. The van der Waals surface area contributed by atoms with Gasteiger partial charge in [-0.15, -0.1) is 0 Å². The van der Waals surface area contributed by atoms with Crippen LogP contribution in [0.5, 0.6) is 0 Å². The number of hydrogen-bond acceptors (Lipinski definition) is 4. The summed E-state index contributed by atoms with van der Waals surface area (Å²) in [7, 11) is -2.63. The third kappa shape index (κ3) is 6.09. The molecule has 1 unspecified atom stereocenters. The summed E-state index contributed by atoms with van der Waals surface area (Å²) in [5, 5.41) is 17.8. The third-order valence-electron chi connectivity index (χ3n) is 3.28. The minimum absolute atomic E-state index is 0.113. The van der Waals surface area contributed by atoms with Crippen molar-refractivity contribution in [2.24, 2.45) is 5.92 Å². The number of carboxylic acid groups (broad SMARTS) is 2. The van der Waals surface area contributed by atoms with Crippen LogP contribution in [0.1, 0.15) is 31.2 Å². The second-order valence-electron chi connectivity index (χ2n) is 4.86. The van der Waals surface area contributed by atoms with Crippen LogP contribution in [0.25, 0.3) is 0 Å². The first-order chi connectivity index (χ1) is 10.4. The average Bonchev–Trinajstić information content (AvgIpc) is 2.45. The predicted octanol–water partition coefficient (Wildman–Crippen LogP) is 1.63. The Bertz CT molecular complexity index is 640. The van der Waals surface area contributed by atoms with Crippen molar-refractivity contribution in [3.63, 3.8) is 0 Å². The van der Waals surface area contributed by atoms with Crippen molar-refractivity contribution in [2.45, 2.75) is 32.1 Å². The minimum Gasteiger partial charge on any atom is -0.481 e. The van der Waals surface area contributed by atoms with Crippen LogP contribution in [0, 0.1) is 5.92 Å². The van der Waals surface area contributed by atoms with Crippen molar-refractivity contribution in [1.82, 2.24) is 0 Å². The summed E-state index contributed by atoms with van der Waals surface area (Å²) in [6.07, 6.45) is 0.633. The number of hydrogen-bond donors (Lipinski definition) is 2. The highest BCUT2D eigenvalue weighted by Crippen LogP contribution is 2.15. The lowest BCUT2D eigenvalue weighted by molar-refractivity contribution is -0.140. The quantitative estimate of drug-likeness (QED) is 0.668. The highest BCUT2D eigenvalue weighted by molar-refractivity contribution is 7.73. The number of benzene rings is 1. The predicted molar refractivity (Wildman–Crippen MR) is 81.3 cm³/mol. The van der Waals surface area contributed by atoms with Gasteiger partial charge in [0.15, 0.2) is 0 Å². The monoisotopic (exact) mass is 326 g/mol. The number of aryl methyl sites for hydroxylation is 1. The smallest absolute Gasteiger partial charge is 0.311 e. The standard InChI is InChI=1S/C15H18O6S/c16-14(17)10-9-12(15(18)19)13(22(20)21)8-4-7-11-5-2-1-3-6-11/h1-3,5-6,12H,4,7-10H2,(H,16,17)(H,18,19). The van der Waals surface area contributed by atoms with Crippen molar-refractivity contribution in [1.29, 1.82) is 0 Å². The van der Waals surface area contributed by atoms with E-state index in [2.05, 4.69) is 0 Å². The summed E-state index contributed by atoms with van der Waals surface area (Å²) in [6.45, 7) is 0. The molecule has 6 nitrogen and oxygen atoms in total. The molecule has 0 aliphatic rings. The molecule has 0 aromatic heterocycles. The lowest BCUT2D eigenvalue weighted by Gasteiger charge is -2.12. The fourth-order valence-corrected chi connectivity index (χ4v) is 2.94. The molecule has 0 heterocycles. The summed E-state index contributed by atoms with van der Waals surface area (Å²) in [5.74, 6) is -3.73. The average molecular weight is 326 g/mol. The van der Waals surface area contributed by atoms with E-state index in [0.29, 0.717) is 12.8 Å².